The predicted molar refractivity (Wildman–Crippen MR) is 81.2 cm³/mol. The molecular formula is C14H11BrCl2FN. The molecule has 0 saturated carbocycles. The molecule has 0 fully saturated rings. The molecule has 0 bridgehead atoms. The van der Waals surface area contributed by atoms with Crippen molar-refractivity contribution in [3.63, 3.8) is 0 Å². The average molecular weight is 363 g/mol. The molecule has 0 heterocycles. The molecule has 1 unspecified atom stereocenters. The van der Waals surface area contributed by atoms with Gasteiger partial charge in [0.25, 0.3) is 0 Å². The summed E-state index contributed by atoms with van der Waals surface area (Å²) in [5.74, 6) is -0.305. The Morgan fingerprint density at radius 2 is 1.89 bits per heavy atom. The normalized spacial score (nSPS) is 12.5. The van der Waals surface area contributed by atoms with Crippen LogP contribution in [0, 0.1) is 5.82 Å². The van der Waals surface area contributed by atoms with E-state index in [4.69, 9.17) is 28.9 Å². The molecule has 2 aromatic rings. The highest BCUT2D eigenvalue weighted by Crippen LogP contribution is 2.27. The number of rotatable bonds is 3. The molecular weight excluding hydrogens is 352 g/mol. The maximum Gasteiger partial charge on any atom is 0.137 e. The lowest BCUT2D eigenvalue weighted by Crippen LogP contribution is -2.13. The molecule has 5 heteroatoms. The largest absolute Gasteiger partial charge is 0.324 e. The lowest BCUT2D eigenvalue weighted by molar-refractivity contribution is 0.617. The molecule has 2 rings (SSSR count). The smallest absolute Gasteiger partial charge is 0.137 e. The van der Waals surface area contributed by atoms with Gasteiger partial charge in [-0.15, -0.1) is 0 Å². The molecule has 0 aliphatic rings. The van der Waals surface area contributed by atoms with E-state index in [-0.39, 0.29) is 11.9 Å². The van der Waals surface area contributed by atoms with Crippen LogP contribution in [0.1, 0.15) is 17.2 Å². The van der Waals surface area contributed by atoms with Crippen LogP contribution >= 0.6 is 39.1 Å². The van der Waals surface area contributed by atoms with E-state index in [2.05, 4.69) is 15.9 Å². The third-order valence-corrected chi connectivity index (χ3v) is 4.02. The minimum atomic E-state index is -0.305. The lowest BCUT2D eigenvalue weighted by Gasteiger charge is -2.14. The second-order valence-corrected chi connectivity index (χ2v) is 5.92. The standard InChI is InChI=1S/C14H11BrCl2FN/c15-11-5-9(2-4-13(11)18)14(19)6-8-1-3-10(16)7-12(8)17/h1-5,7,14H,6,19H2. The maximum absolute atomic E-state index is 13.2. The van der Waals surface area contributed by atoms with Crippen molar-refractivity contribution in [1.82, 2.24) is 0 Å². The quantitative estimate of drug-likeness (QED) is 0.803. The molecule has 0 saturated heterocycles. The summed E-state index contributed by atoms with van der Waals surface area (Å²) in [5, 5.41) is 1.18. The van der Waals surface area contributed by atoms with Crippen LogP contribution in [0.5, 0.6) is 0 Å². The molecule has 1 atom stereocenters. The minimum absolute atomic E-state index is 0.254. The van der Waals surface area contributed by atoms with E-state index in [1.54, 1.807) is 24.3 Å². The van der Waals surface area contributed by atoms with Gasteiger partial charge in [0, 0.05) is 16.1 Å². The second-order valence-electron chi connectivity index (χ2n) is 4.22. The van der Waals surface area contributed by atoms with E-state index in [1.165, 1.54) is 6.07 Å². The van der Waals surface area contributed by atoms with Gasteiger partial charge in [-0.3, -0.25) is 0 Å². The predicted octanol–water partition coefficient (Wildman–Crippen LogP) is 5.14. The van der Waals surface area contributed by atoms with Gasteiger partial charge in [0.1, 0.15) is 5.82 Å². The van der Waals surface area contributed by atoms with Crippen molar-refractivity contribution in [2.24, 2.45) is 5.73 Å². The first-order valence-corrected chi connectivity index (χ1v) is 7.16. The molecule has 1 nitrogen and oxygen atoms in total. The number of halogens is 4. The Labute approximate surface area is 129 Å². The Kier molecular flexibility index (Phi) is 4.85. The average Bonchev–Trinajstić information content (AvgIpc) is 2.36. The van der Waals surface area contributed by atoms with E-state index in [0.717, 1.165) is 11.1 Å². The van der Waals surface area contributed by atoms with Gasteiger partial charge in [-0.05, 0) is 57.7 Å². The van der Waals surface area contributed by atoms with Crippen LogP contribution in [0.3, 0.4) is 0 Å². The van der Waals surface area contributed by atoms with Crippen molar-refractivity contribution in [1.29, 1.82) is 0 Å². The molecule has 0 aromatic heterocycles. The monoisotopic (exact) mass is 361 g/mol. The first-order chi connectivity index (χ1) is 8.97. The van der Waals surface area contributed by atoms with Crippen LogP contribution in [0.2, 0.25) is 10.0 Å². The SMILES string of the molecule is NC(Cc1ccc(Cl)cc1Cl)c1ccc(F)c(Br)c1. The van der Waals surface area contributed by atoms with Crippen LogP contribution < -0.4 is 5.73 Å². The molecule has 0 radical (unpaired) electrons. The van der Waals surface area contributed by atoms with Crippen LogP contribution in [-0.4, -0.2) is 0 Å². The van der Waals surface area contributed by atoms with E-state index in [9.17, 15) is 4.39 Å². The van der Waals surface area contributed by atoms with Gasteiger partial charge in [-0.2, -0.15) is 0 Å². The first kappa shape index (κ1) is 14.8. The Hall–Kier alpha value is -0.610. The van der Waals surface area contributed by atoms with E-state index in [1.807, 2.05) is 6.07 Å². The van der Waals surface area contributed by atoms with Crippen molar-refractivity contribution in [2.75, 3.05) is 0 Å². The van der Waals surface area contributed by atoms with Crippen LogP contribution in [0.4, 0.5) is 4.39 Å². The highest BCUT2D eigenvalue weighted by Gasteiger charge is 2.11. The summed E-state index contributed by atoms with van der Waals surface area (Å²) in [6, 6.07) is 9.81. The molecule has 0 aliphatic carbocycles. The third kappa shape index (κ3) is 3.69. The van der Waals surface area contributed by atoms with Gasteiger partial charge in [-0.1, -0.05) is 35.3 Å². The molecule has 0 amide bonds. The van der Waals surface area contributed by atoms with Gasteiger partial charge in [0.2, 0.25) is 0 Å². The summed E-state index contributed by atoms with van der Waals surface area (Å²) in [6.45, 7) is 0. The van der Waals surface area contributed by atoms with Crippen LogP contribution in [-0.2, 0) is 6.42 Å². The molecule has 0 spiro atoms. The van der Waals surface area contributed by atoms with Crippen LogP contribution in [0.15, 0.2) is 40.9 Å². The van der Waals surface area contributed by atoms with Crippen molar-refractivity contribution in [3.8, 4) is 0 Å². The number of nitrogens with two attached hydrogens (primary N) is 1. The Bertz CT molecular complexity index is 604. The molecule has 0 aliphatic heterocycles. The fraction of sp³-hybridized carbons (Fsp3) is 0.143. The summed E-state index contributed by atoms with van der Waals surface area (Å²) >= 11 is 15.1. The highest BCUT2D eigenvalue weighted by molar-refractivity contribution is 9.10. The lowest BCUT2D eigenvalue weighted by atomic mass is 10.00. The zero-order valence-corrected chi connectivity index (χ0v) is 12.9. The fourth-order valence-electron chi connectivity index (χ4n) is 1.79. The molecule has 19 heavy (non-hydrogen) atoms. The zero-order chi connectivity index (χ0) is 14.0. The third-order valence-electron chi connectivity index (χ3n) is 2.83. The Morgan fingerprint density at radius 3 is 2.53 bits per heavy atom. The Balaban J connectivity index is 2.20. The summed E-state index contributed by atoms with van der Waals surface area (Å²) in [5.41, 5.74) is 7.88. The van der Waals surface area contributed by atoms with E-state index in [0.29, 0.717) is 20.9 Å². The van der Waals surface area contributed by atoms with Crippen molar-refractivity contribution in [3.05, 3.63) is 67.9 Å². The summed E-state index contributed by atoms with van der Waals surface area (Å²) in [6.07, 6.45) is 0.564. The minimum Gasteiger partial charge on any atom is -0.324 e. The number of hydrogen-bond acceptors (Lipinski definition) is 1. The summed E-state index contributed by atoms with van der Waals surface area (Å²) in [4.78, 5) is 0. The fourth-order valence-corrected chi connectivity index (χ4v) is 2.67. The van der Waals surface area contributed by atoms with E-state index < -0.39 is 0 Å². The van der Waals surface area contributed by atoms with Gasteiger partial charge in [0.05, 0.1) is 4.47 Å². The second kappa shape index (κ2) is 6.23. The van der Waals surface area contributed by atoms with Gasteiger partial charge >= 0.3 is 0 Å². The number of benzene rings is 2. The highest BCUT2D eigenvalue weighted by atomic mass is 79.9. The van der Waals surface area contributed by atoms with Gasteiger partial charge in [0.15, 0.2) is 0 Å². The van der Waals surface area contributed by atoms with Gasteiger partial charge in [-0.25, -0.2) is 4.39 Å². The van der Waals surface area contributed by atoms with Crippen molar-refractivity contribution < 1.29 is 4.39 Å². The van der Waals surface area contributed by atoms with Crippen molar-refractivity contribution in [2.45, 2.75) is 12.5 Å². The van der Waals surface area contributed by atoms with Crippen molar-refractivity contribution >= 4 is 39.1 Å². The first-order valence-electron chi connectivity index (χ1n) is 5.62. The van der Waals surface area contributed by atoms with Gasteiger partial charge < -0.3 is 5.73 Å². The topological polar surface area (TPSA) is 26.0 Å². The molecule has 2 N–H and O–H groups in total. The Morgan fingerprint density at radius 1 is 1.16 bits per heavy atom. The number of hydrogen-bond donors (Lipinski definition) is 1. The molecule has 2 aromatic carbocycles. The summed E-state index contributed by atoms with van der Waals surface area (Å²) < 4.78 is 13.6. The zero-order valence-electron chi connectivity index (χ0n) is 9.84. The van der Waals surface area contributed by atoms with E-state index >= 15 is 0 Å². The molecule has 100 valence electrons. The van der Waals surface area contributed by atoms with Crippen LogP contribution in [0.25, 0.3) is 0 Å². The summed E-state index contributed by atoms with van der Waals surface area (Å²) in [7, 11) is 0. The maximum atomic E-state index is 13.2.